The third kappa shape index (κ3) is 5.45. The number of nitrogens with one attached hydrogen (secondary N) is 1. The minimum atomic E-state index is 0.142. The molecule has 2 aromatic rings. The van der Waals surface area contributed by atoms with E-state index >= 15 is 0 Å². The topological polar surface area (TPSA) is 30.5 Å². The van der Waals surface area contributed by atoms with Crippen LogP contribution in [0.15, 0.2) is 42.5 Å². The zero-order chi connectivity index (χ0) is 16.7. The van der Waals surface area contributed by atoms with Gasteiger partial charge >= 0.3 is 0 Å². The van der Waals surface area contributed by atoms with Gasteiger partial charge in [-0.05, 0) is 56.6 Å². The van der Waals surface area contributed by atoms with E-state index in [2.05, 4.69) is 11.4 Å². The van der Waals surface area contributed by atoms with E-state index in [1.165, 1.54) is 5.56 Å². The van der Waals surface area contributed by atoms with E-state index in [9.17, 15) is 0 Å². The minimum Gasteiger partial charge on any atom is -0.496 e. The maximum atomic E-state index is 6.10. The summed E-state index contributed by atoms with van der Waals surface area (Å²) in [6.45, 7) is 5.62. The first-order valence-corrected chi connectivity index (χ1v) is 8.25. The highest BCUT2D eigenvalue weighted by molar-refractivity contribution is 6.30. The van der Waals surface area contributed by atoms with Gasteiger partial charge in [0.1, 0.15) is 11.5 Å². The van der Waals surface area contributed by atoms with Crippen molar-refractivity contribution in [1.82, 2.24) is 5.32 Å². The largest absolute Gasteiger partial charge is 0.496 e. The van der Waals surface area contributed by atoms with Gasteiger partial charge < -0.3 is 14.8 Å². The van der Waals surface area contributed by atoms with Crippen LogP contribution in [-0.2, 0) is 13.0 Å². The first-order valence-electron chi connectivity index (χ1n) is 7.88. The molecule has 1 N–H and O–H groups in total. The van der Waals surface area contributed by atoms with Crippen LogP contribution in [0.5, 0.6) is 11.5 Å². The smallest absolute Gasteiger partial charge is 0.124 e. The summed E-state index contributed by atoms with van der Waals surface area (Å²) in [5.74, 6) is 1.81. The molecule has 3 nitrogen and oxygen atoms in total. The fraction of sp³-hybridized carbons (Fsp3) is 0.368. The number of para-hydroxylation sites is 1. The van der Waals surface area contributed by atoms with Gasteiger partial charge in [-0.25, -0.2) is 0 Å². The molecule has 0 saturated heterocycles. The molecule has 0 bridgehead atoms. The van der Waals surface area contributed by atoms with Crippen LogP contribution in [0.25, 0.3) is 0 Å². The quantitative estimate of drug-likeness (QED) is 0.723. The van der Waals surface area contributed by atoms with Gasteiger partial charge in [0.2, 0.25) is 0 Å². The molecule has 0 aromatic heterocycles. The predicted octanol–water partition coefficient (Wildman–Crippen LogP) is 4.47. The molecule has 23 heavy (non-hydrogen) atoms. The zero-order valence-electron chi connectivity index (χ0n) is 13.9. The first kappa shape index (κ1) is 17.6. The monoisotopic (exact) mass is 333 g/mol. The van der Waals surface area contributed by atoms with E-state index in [0.717, 1.165) is 41.6 Å². The number of hydrogen-bond donors (Lipinski definition) is 1. The maximum absolute atomic E-state index is 6.10. The SMILES string of the molecule is COc1ccccc1CCNCc1cc(Cl)ccc1OC(C)C. The van der Waals surface area contributed by atoms with Crippen molar-refractivity contribution in [3.8, 4) is 11.5 Å². The summed E-state index contributed by atoms with van der Waals surface area (Å²) in [6.07, 6.45) is 1.05. The van der Waals surface area contributed by atoms with E-state index < -0.39 is 0 Å². The third-order valence-electron chi connectivity index (χ3n) is 3.46. The zero-order valence-corrected chi connectivity index (χ0v) is 14.7. The number of hydrogen-bond acceptors (Lipinski definition) is 3. The Labute approximate surface area is 143 Å². The van der Waals surface area contributed by atoms with Gasteiger partial charge in [-0.3, -0.25) is 0 Å². The molecular weight excluding hydrogens is 310 g/mol. The molecule has 0 aliphatic heterocycles. The van der Waals surface area contributed by atoms with Crippen LogP contribution in [0.2, 0.25) is 5.02 Å². The molecule has 0 amide bonds. The Kier molecular flexibility index (Phi) is 6.75. The Morgan fingerprint density at radius 1 is 1.04 bits per heavy atom. The van der Waals surface area contributed by atoms with Gasteiger partial charge in [0.15, 0.2) is 0 Å². The number of rotatable bonds is 8. The Morgan fingerprint density at radius 3 is 2.57 bits per heavy atom. The molecule has 0 fully saturated rings. The summed E-state index contributed by atoms with van der Waals surface area (Å²) in [5.41, 5.74) is 2.28. The van der Waals surface area contributed by atoms with Crippen LogP contribution in [-0.4, -0.2) is 19.8 Å². The molecule has 0 radical (unpaired) electrons. The van der Waals surface area contributed by atoms with Crippen molar-refractivity contribution in [2.75, 3.05) is 13.7 Å². The van der Waals surface area contributed by atoms with Crippen molar-refractivity contribution < 1.29 is 9.47 Å². The summed E-state index contributed by atoms with van der Waals surface area (Å²) in [4.78, 5) is 0. The number of methoxy groups -OCH3 is 1. The van der Waals surface area contributed by atoms with Crippen molar-refractivity contribution in [3.05, 3.63) is 58.6 Å². The van der Waals surface area contributed by atoms with E-state index in [1.807, 2.05) is 50.2 Å². The van der Waals surface area contributed by atoms with Crippen LogP contribution in [0.1, 0.15) is 25.0 Å². The van der Waals surface area contributed by atoms with E-state index in [0.29, 0.717) is 0 Å². The molecule has 124 valence electrons. The lowest BCUT2D eigenvalue weighted by atomic mass is 10.1. The summed E-state index contributed by atoms with van der Waals surface area (Å²) in [6, 6.07) is 13.8. The van der Waals surface area contributed by atoms with Crippen LogP contribution >= 0.6 is 11.6 Å². The second-order valence-corrected chi connectivity index (χ2v) is 6.09. The molecule has 0 unspecified atom stereocenters. The van der Waals surface area contributed by atoms with Crippen LogP contribution in [0.4, 0.5) is 0 Å². The first-order chi connectivity index (χ1) is 11.1. The van der Waals surface area contributed by atoms with Crippen molar-refractivity contribution >= 4 is 11.6 Å². The van der Waals surface area contributed by atoms with Crippen molar-refractivity contribution in [3.63, 3.8) is 0 Å². The minimum absolute atomic E-state index is 0.142. The van der Waals surface area contributed by atoms with E-state index in [4.69, 9.17) is 21.1 Å². The van der Waals surface area contributed by atoms with Gasteiger partial charge in [-0.1, -0.05) is 29.8 Å². The number of halogens is 1. The standard InChI is InChI=1S/C19H24ClNO2/c1-14(2)23-19-9-8-17(20)12-16(19)13-21-11-10-15-6-4-5-7-18(15)22-3/h4-9,12,14,21H,10-11,13H2,1-3H3. The van der Waals surface area contributed by atoms with E-state index in [1.54, 1.807) is 7.11 Å². The molecule has 2 rings (SSSR count). The molecule has 0 aliphatic carbocycles. The highest BCUT2D eigenvalue weighted by Crippen LogP contribution is 2.24. The Bertz CT molecular complexity index is 629. The summed E-state index contributed by atoms with van der Waals surface area (Å²) in [5, 5.41) is 4.17. The van der Waals surface area contributed by atoms with Crippen LogP contribution in [0, 0.1) is 0 Å². The lowest BCUT2D eigenvalue weighted by molar-refractivity contribution is 0.239. The van der Waals surface area contributed by atoms with Crippen LogP contribution in [0.3, 0.4) is 0 Å². The Morgan fingerprint density at radius 2 is 1.83 bits per heavy atom. The van der Waals surface area contributed by atoms with Crippen molar-refractivity contribution in [2.45, 2.75) is 32.9 Å². The second-order valence-electron chi connectivity index (χ2n) is 5.66. The summed E-state index contributed by atoms with van der Waals surface area (Å²) >= 11 is 6.10. The third-order valence-corrected chi connectivity index (χ3v) is 3.70. The normalized spacial score (nSPS) is 10.8. The highest BCUT2D eigenvalue weighted by atomic mass is 35.5. The lowest BCUT2D eigenvalue weighted by Crippen LogP contribution is -2.18. The summed E-state index contributed by atoms with van der Waals surface area (Å²) in [7, 11) is 1.70. The Hall–Kier alpha value is -1.71. The highest BCUT2D eigenvalue weighted by Gasteiger charge is 2.07. The molecule has 2 aromatic carbocycles. The molecule has 0 saturated carbocycles. The molecule has 0 heterocycles. The maximum Gasteiger partial charge on any atom is 0.124 e. The number of benzene rings is 2. The molecule has 0 atom stereocenters. The van der Waals surface area contributed by atoms with Gasteiger partial charge in [0, 0.05) is 17.1 Å². The van der Waals surface area contributed by atoms with Gasteiger partial charge in [-0.15, -0.1) is 0 Å². The van der Waals surface area contributed by atoms with Crippen molar-refractivity contribution in [2.24, 2.45) is 0 Å². The molecular formula is C19H24ClNO2. The van der Waals surface area contributed by atoms with Crippen molar-refractivity contribution in [1.29, 1.82) is 0 Å². The fourth-order valence-corrected chi connectivity index (χ4v) is 2.61. The average Bonchev–Trinajstić information content (AvgIpc) is 2.54. The number of ether oxygens (including phenoxy) is 2. The molecule has 4 heteroatoms. The lowest BCUT2D eigenvalue weighted by Gasteiger charge is -2.15. The average molecular weight is 334 g/mol. The molecule has 0 spiro atoms. The van der Waals surface area contributed by atoms with Gasteiger partial charge in [0.25, 0.3) is 0 Å². The van der Waals surface area contributed by atoms with E-state index in [-0.39, 0.29) is 6.10 Å². The van der Waals surface area contributed by atoms with Gasteiger partial charge in [-0.2, -0.15) is 0 Å². The second kappa shape index (κ2) is 8.80. The fourth-order valence-electron chi connectivity index (χ4n) is 2.41. The predicted molar refractivity (Wildman–Crippen MR) is 95.6 cm³/mol. The molecule has 0 aliphatic rings. The Balaban J connectivity index is 1.92. The van der Waals surface area contributed by atoms with Gasteiger partial charge in [0.05, 0.1) is 13.2 Å². The summed E-state index contributed by atoms with van der Waals surface area (Å²) < 4.78 is 11.2. The van der Waals surface area contributed by atoms with Crippen LogP contribution < -0.4 is 14.8 Å².